The topological polar surface area (TPSA) is 20.2 Å². The molecule has 0 saturated heterocycles. The van der Waals surface area contributed by atoms with E-state index < -0.39 is 11.6 Å². The Kier molecular flexibility index (Phi) is 4.26. The highest BCUT2D eigenvalue weighted by Crippen LogP contribution is 2.19. The van der Waals surface area contributed by atoms with Crippen molar-refractivity contribution in [1.29, 1.82) is 0 Å². The monoisotopic (exact) mass is 174 g/mol. The summed E-state index contributed by atoms with van der Waals surface area (Å²) in [5.41, 5.74) is 0.0707. The Morgan fingerprint density at radius 2 is 1.67 bits per heavy atom. The molecule has 0 spiro atoms. The van der Waals surface area contributed by atoms with Gasteiger partial charge in [-0.3, -0.25) is 0 Å². The van der Waals surface area contributed by atoms with Crippen molar-refractivity contribution in [2.75, 3.05) is 0 Å². The van der Waals surface area contributed by atoms with Crippen LogP contribution in [0.15, 0.2) is 12.1 Å². The van der Waals surface area contributed by atoms with Crippen molar-refractivity contribution in [1.82, 2.24) is 0 Å². The first-order chi connectivity index (χ1) is 5.61. The maximum absolute atomic E-state index is 12.4. The summed E-state index contributed by atoms with van der Waals surface area (Å²) in [5.74, 6) is -1.84. The molecule has 1 nitrogen and oxygen atoms in total. The van der Waals surface area contributed by atoms with E-state index in [-0.39, 0.29) is 11.3 Å². The molecule has 0 fully saturated rings. The van der Waals surface area contributed by atoms with E-state index in [0.717, 1.165) is 12.1 Å². The summed E-state index contributed by atoms with van der Waals surface area (Å²) in [7, 11) is 0. The molecule has 0 atom stereocenters. The highest BCUT2D eigenvalue weighted by Gasteiger charge is 2.04. The van der Waals surface area contributed by atoms with Gasteiger partial charge < -0.3 is 5.11 Å². The summed E-state index contributed by atoms with van der Waals surface area (Å²) in [6.45, 7) is 5.38. The molecule has 0 aromatic heterocycles. The van der Waals surface area contributed by atoms with Crippen LogP contribution in [0.25, 0.3) is 0 Å². The number of hydrogen-bond donors (Lipinski definition) is 1. The average molecular weight is 174 g/mol. The predicted octanol–water partition coefficient (Wildman–Crippen LogP) is 3.01. The van der Waals surface area contributed by atoms with Gasteiger partial charge in [0.05, 0.1) is 0 Å². The van der Waals surface area contributed by atoms with Gasteiger partial charge in [-0.1, -0.05) is 13.8 Å². The first-order valence-corrected chi connectivity index (χ1v) is 3.76. The molecule has 12 heavy (non-hydrogen) atoms. The Labute approximate surface area is 70.7 Å². The molecule has 0 heterocycles. The molecule has 0 radical (unpaired) electrons. The van der Waals surface area contributed by atoms with Gasteiger partial charge in [-0.05, 0) is 6.92 Å². The largest absolute Gasteiger partial charge is 0.507 e. The lowest BCUT2D eigenvalue weighted by Gasteiger charge is -1.98. The second kappa shape index (κ2) is 4.70. The van der Waals surface area contributed by atoms with Gasteiger partial charge in [0.15, 0.2) is 0 Å². The first-order valence-electron chi connectivity index (χ1n) is 3.76. The van der Waals surface area contributed by atoms with E-state index in [1.165, 1.54) is 6.92 Å². The Morgan fingerprint density at radius 1 is 1.17 bits per heavy atom. The number of phenolic OH excluding ortho intramolecular Hbond substituents is 1. The third kappa shape index (κ3) is 2.49. The Balaban J connectivity index is 0.000000561. The summed E-state index contributed by atoms with van der Waals surface area (Å²) < 4.78 is 24.6. The van der Waals surface area contributed by atoms with Gasteiger partial charge in [-0.15, -0.1) is 0 Å². The van der Waals surface area contributed by atoms with Crippen LogP contribution < -0.4 is 0 Å². The molecule has 0 aliphatic rings. The highest BCUT2D eigenvalue weighted by molar-refractivity contribution is 5.32. The first kappa shape index (κ1) is 10.9. The number of rotatable bonds is 0. The lowest BCUT2D eigenvalue weighted by Crippen LogP contribution is -1.84. The fraction of sp³-hybridized carbons (Fsp3) is 0.333. The maximum atomic E-state index is 12.4. The van der Waals surface area contributed by atoms with Crippen LogP contribution in [0.2, 0.25) is 0 Å². The molecule has 1 aromatic carbocycles. The normalized spacial score (nSPS) is 8.75. The Morgan fingerprint density at radius 3 is 2.08 bits per heavy atom. The van der Waals surface area contributed by atoms with Crippen molar-refractivity contribution in [2.45, 2.75) is 20.8 Å². The molecule has 0 saturated carbocycles. The number of hydrogen-bond acceptors (Lipinski definition) is 1. The van der Waals surface area contributed by atoms with Gasteiger partial charge in [0.1, 0.15) is 17.4 Å². The Bertz CT molecular complexity index is 236. The highest BCUT2D eigenvalue weighted by atomic mass is 19.1. The SMILES string of the molecule is CC.Cc1c(O)cc(F)cc1F. The molecule has 3 heteroatoms. The van der Waals surface area contributed by atoms with Crippen LogP contribution in [0.1, 0.15) is 19.4 Å². The second-order valence-electron chi connectivity index (χ2n) is 2.03. The van der Waals surface area contributed by atoms with Crippen LogP contribution in [0.5, 0.6) is 5.75 Å². The minimum atomic E-state index is -0.763. The standard InChI is InChI=1S/C7H6F2O.C2H6/c1-4-6(9)2-5(8)3-7(4)10;1-2/h2-3,10H,1H3;1-2H3. The molecule has 1 rings (SSSR count). The minimum absolute atomic E-state index is 0.0707. The lowest BCUT2D eigenvalue weighted by molar-refractivity contribution is 0.454. The van der Waals surface area contributed by atoms with E-state index in [1.54, 1.807) is 0 Å². The minimum Gasteiger partial charge on any atom is -0.507 e. The van der Waals surface area contributed by atoms with Gasteiger partial charge >= 0.3 is 0 Å². The molecule has 0 bridgehead atoms. The van der Waals surface area contributed by atoms with Gasteiger partial charge in [0, 0.05) is 17.7 Å². The summed E-state index contributed by atoms with van der Waals surface area (Å²) in [6, 6.07) is 1.60. The van der Waals surface area contributed by atoms with Crippen molar-refractivity contribution in [3.8, 4) is 5.75 Å². The third-order valence-corrected chi connectivity index (χ3v) is 1.28. The summed E-state index contributed by atoms with van der Waals surface area (Å²) in [6.07, 6.45) is 0. The second-order valence-corrected chi connectivity index (χ2v) is 2.03. The molecule has 1 N–H and O–H groups in total. The number of halogens is 2. The van der Waals surface area contributed by atoms with Crippen LogP contribution in [-0.2, 0) is 0 Å². The van der Waals surface area contributed by atoms with E-state index in [2.05, 4.69) is 0 Å². The van der Waals surface area contributed by atoms with Gasteiger partial charge in [0.25, 0.3) is 0 Å². The van der Waals surface area contributed by atoms with Gasteiger partial charge in [-0.2, -0.15) is 0 Å². The molecule has 0 aliphatic carbocycles. The number of benzene rings is 1. The van der Waals surface area contributed by atoms with Crippen LogP contribution >= 0.6 is 0 Å². The van der Waals surface area contributed by atoms with Crippen molar-refractivity contribution < 1.29 is 13.9 Å². The quantitative estimate of drug-likeness (QED) is 0.641. The maximum Gasteiger partial charge on any atom is 0.132 e. The van der Waals surface area contributed by atoms with E-state index in [0.29, 0.717) is 0 Å². The fourth-order valence-corrected chi connectivity index (χ4v) is 0.632. The molecule has 68 valence electrons. The van der Waals surface area contributed by atoms with Gasteiger partial charge in [-0.25, -0.2) is 8.78 Å². The molecule has 1 aromatic rings. The lowest BCUT2D eigenvalue weighted by atomic mass is 10.2. The molecule has 0 unspecified atom stereocenters. The van der Waals surface area contributed by atoms with Crippen molar-refractivity contribution in [2.24, 2.45) is 0 Å². The van der Waals surface area contributed by atoms with Crippen LogP contribution in [-0.4, -0.2) is 5.11 Å². The predicted molar refractivity (Wildman–Crippen MR) is 44.1 cm³/mol. The summed E-state index contributed by atoms with van der Waals surface area (Å²) in [5, 5.41) is 8.80. The molecular weight excluding hydrogens is 162 g/mol. The zero-order chi connectivity index (χ0) is 9.72. The Hall–Kier alpha value is -1.12. The molecule has 0 amide bonds. The fourth-order valence-electron chi connectivity index (χ4n) is 0.632. The van der Waals surface area contributed by atoms with Crippen LogP contribution in [0, 0.1) is 18.6 Å². The summed E-state index contributed by atoms with van der Waals surface area (Å²) in [4.78, 5) is 0. The molecule has 0 aliphatic heterocycles. The average Bonchev–Trinajstić information content (AvgIpc) is 2.04. The van der Waals surface area contributed by atoms with Crippen molar-refractivity contribution in [3.63, 3.8) is 0 Å². The van der Waals surface area contributed by atoms with Crippen LogP contribution in [0.4, 0.5) is 8.78 Å². The summed E-state index contributed by atoms with van der Waals surface area (Å²) >= 11 is 0. The zero-order valence-corrected chi connectivity index (χ0v) is 7.36. The molecular formula is C9H12F2O. The van der Waals surface area contributed by atoms with Gasteiger partial charge in [0.2, 0.25) is 0 Å². The van der Waals surface area contributed by atoms with E-state index in [1.807, 2.05) is 13.8 Å². The number of aromatic hydroxyl groups is 1. The number of phenols is 1. The third-order valence-electron chi connectivity index (χ3n) is 1.28. The van der Waals surface area contributed by atoms with E-state index in [4.69, 9.17) is 5.11 Å². The van der Waals surface area contributed by atoms with E-state index in [9.17, 15) is 8.78 Å². The zero-order valence-electron chi connectivity index (χ0n) is 7.36. The smallest absolute Gasteiger partial charge is 0.132 e. The van der Waals surface area contributed by atoms with Crippen molar-refractivity contribution >= 4 is 0 Å². The van der Waals surface area contributed by atoms with E-state index >= 15 is 0 Å². The van der Waals surface area contributed by atoms with Crippen molar-refractivity contribution in [3.05, 3.63) is 29.3 Å². The van der Waals surface area contributed by atoms with Crippen LogP contribution in [0.3, 0.4) is 0 Å².